The molecule has 0 fully saturated rings. The van der Waals surface area contributed by atoms with Crippen molar-refractivity contribution in [2.24, 2.45) is 11.0 Å². The fourth-order valence-corrected chi connectivity index (χ4v) is 3.94. The summed E-state index contributed by atoms with van der Waals surface area (Å²) >= 11 is 1.59. The molecule has 1 heterocycles. The van der Waals surface area contributed by atoms with E-state index in [-0.39, 0.29) is 11.7 Å². The van der Waals surface area contributed by atoms with Crippen molar-refractivity contribution in [3.8, 4) is 5.75 Å². The number of nitrogens with one attached hydrogen (secondary N) is 1. The van der Waals surface area contributed by atoms with E-state index in [9.17, 15) is 9.90 Å². The molecule has 2 N–H and O–H groups in total. The Hall–Kier alpha value is -2.14. The first kappa shape index (κ1) is 15.7. The van der Waals surface area contributed by atoms with Crippen molar-refractivity contribution in [1.29, 1.82) is 0 Å². The molecule has 1 aliphatic rings. The molecule has 0 saturated carbocycles. The summed E-state index contributed by atoms with van der Waals surface area (Å²) in [6.07, 6.45) is 6.17. The SMILES string of the molecule is CC[C@H]1CCc2sc(C(=O)N/N=C/c3ccc(O)cc3)cc2C1. The number of nitrogens with zero attached hydrogens (tertiary/aromatic N) is 1. The van der Waals surface area contributed by atoms with Gasteiger partial charge in [0.2, 0.25) is 0 Å². The van der Waals surface area contributed by atoms with Crippen molar-refractivity contribution >= 4 is 23.5 Å². The fourth-order valence-electron chi connectivity index (χ4n) is 2.84. The summed E-state index contributed by atoms with van der Waals surface area (Å²) in [5.74, 6) is 0.800. The summed E-state index contributed by atoms with van der Waals surface area (Å²) in [7, 11) is 0. The Kier molecular flexibility index (Phi) is 4.76. The van der Waals surface area contributed by atoms with Crippen LogP contribution in [-0.2, 0) is 12.8 Å². The van der Waals surface area contributed by atoms with Crippen LogP contribution in [0.4, 0.5) is 0 Å². The molecular formula is C18H20N2O2S. The van der Waals surface area contributed by atoms with E-state index in [4.69, 9.17) is 0 Å². The highest BCUT2D eigenvalue weighted by Crippen LogP contribution is 2.33. The molecule has 5 heteroatoms. The van der Waals surface area contributed by atoms with E-state index in [2.05, 4.69) is 17.5 Å². The zero-order chi connectivity index (χ0) is 16.2. The number of aryl methyl sites for hydroxylation is 1. The van der Waals surface area contributed by atoms with Crippen molar-refractivity contribution in [1.82, 2.24) is 5.43 Å². The number of amides is 1. The number of phenolic OH excluding ortho intramolecular Hbond substituents is 1. The predicted octanol–water partition coefficient (Wildman–Crippen LogP) is 3.73. The first-order valence-electron chi connectivity index (χ1n) is 7.89. The van der Waals surface area contributed by atoms with Crippen LogP contribution in [0.1, 0.15) is 45.4 Å². The van der Waals surface area contributed by atoms with Crippen LogP contribution in [0.25, 0.3) is 0 Å². The fraction of sp³-hybridized carbons (Fsp3) is 0.333. The minimum absolute atomic E-state index is 0.160. The molecule has 23 heavy (non-hydrogen) atoms. The van der Waals surface area contributed by atoms with Gasteiger partial charge in [-0.25, -0.2) is 5.43 Å². The van der Waals surface area contributed by atoms with E-state index in [0.717, 1.165) is 29.2 Å². The van der Waals surface area contributed by atoms with Crippen molar-refractivity contribution in [3.63, 3.8) is 0 Å². The highest BCUT2D eigenvalue weighted by atomic mass is 32.1. The lowest BCUT2D eigenvalue weighted by atomic mass is 9.87. The summed E-state index contributed by atoms with van der Waals surface area (Å²) in [5, 5.41) is 13.2. The van der Waals surface area contributed by atoms with Gasteiger partial charge in [-0.3, -0.25) is 4.79 Å². The number of rotatable bonds is 4. The Balaban J connectivity index is 1.63. The van der Waals surface area contributed by atoms with Crippen molar-refractivity contribution in [2.45, 2.75) is 32.6 Å². The second kappa shape index (κ2) is 6.96. The molecule has 1 aromatic carbocycles. The maximum atomic E-state index is 12.2. The summed E-state index contributed by atoms with van der Waals surface area (Å²) < 4.78 is 0. The van der Waals surface area contributed by atoms with Crippen molar-refractivity contribution in [2.75, 3.05) is 0 Å². The summed E-state index contributed by atoms with van der Waals surface area (Å²) in [6.45, 7) is 2.23. The molecule has 0 bridgehead atoms. The van der Waals surface area contributed by atoms with Crippen LogP contribution < -0.4 is 5.43 Å². The molecule has 0 spiro atoms. The lowest BCUT2D eigenvalue weighted by molar-refractivity contribution is 0.0959. The molecule has 1 atom stereocenters. The molecule has 0 radical (unpaired) electrons. The maximum Gasteiger partial charge on any atom is 0.281 e. The molecule has 120 valence electrons. The molecule has 0 unspecified atom stereocenters. The standard InChI is InChI=1S/C18H20N2O2S/c1-2-12-5-8-16-14(9-12)10-17(23-16)18(22)20-19-11-13-3-6-15(21)7-4-13/h3-4,6-7,10-12,21H,2,5,8-9H2,1H3,(H,20,22)/b19-11+/t12-/m0/s1. The third kappa shape index (κ3) is 3.79. The maximum absolute atomic E-state index is 12.2. The molecule has 0 saturated heterocycles. The monoisotopic (exact) mass is 328 g/mol. The smallest absolute Gasteiger partial charge is 0.281 e. The lowest BCUT2D eigenvalue weighted by Crippen LogP contribution is -2.16. The van der Waals surface area contributed by atoms with Crippen LogP contribution in [-0.4, -0.2) is 17.2 Å². The van der Waals surface area contributed by atoms with E-state index in [1.165, 1.54) is 23.3 Å². The van der Waals surface area contributed by atoms with Crippen LogP contribution in [0.2, 0.25) is 0 Å². The highest BCUT2D eigenvalue weighted by Gasteiger charge is 2.21. The van der Waals surface area contributed by atoms with Crippen molar-refractivity contribution < 1.29 is 9.90 Å². The third-order valence-corrected chi connectivity index (χ3v) is 5.49. The Labute approximate surface area is 139 Å². The van der Waals surface area contributed by atoms with Gasteiger partial charge in [-0.1, -0.05) is 13.3 Å². The van der Waals surface area contributed by atoms with Crippen LogP contribution in [0, 0.1) is 5.92 Å². The van der Waals surface area contributed by atoms with Gasteiger partial charge >= 0.3 is 0 Å². The average molecular weight is 328 g/mol. The highest BCUT2D eigenvalue weighted by molar-refractivity contribution is 7.14. The van der Waals surface area contributed by atoms with Gasteiger partial charge in [-0.05, 0) is 66.6 Å². The van der Waals surface area contributed by atoms with Crippen LogP contribution >= 0.6 is 11.3 Å². The normalized spacial score (nSPS) is 17.2. The van der Waals surface area contributed by atoms with Gasteiger partial charge in [0.05, 0.1) is 11.1 Å². The van der Waals surface area contributed by atoms with Crippen molar-refractivity contribution in [3.05, 3.63) is 51.2 Å². The Morgan fingerprint density at radius 1 is 1.43 bits per heavy atom. The minimum Gasteiger partial charge on any atom is -0.508 e. The molecule has 2 aromatic rings. The second-order valence-electron chi connectivity index (χ2n) is 5.87. The van der Waals surface area contributed by atoms with Gasteiger partial charge < -0.3 is 5.11 Å². The molecular weight excluding hydrogens is 308 g/mol. The molecule has 4 nitrogen and oxygen atoms in total. The zero-order valence-corrected chi connectivity index (χ0v) is 13.9. The topological polar surface area (TPSA) is 61.7 Å². The number of hydrogen-bond donors (Lipinski definition) is 2. The number of phenols is 1. The first-order valence-corrected chi connectivity index (χ1v) is 8.71. The zero-order valence-electron chi connectivity index (χ0n) is 13.1. The van der Waals surface area contributed by atoms with Gasteiger partial charge in [-0.15, -0.1) is 11.3 Å². The Bertz CT molecular complexity index is 719. The largest absolute Gasteiger partial charge is 0.508 e. The van der Waals surface area contributed by atoms with E-state index in [1.54, 1.807) is 41.8 Å². The van der Waals surface area contributed by atoms with Gasteiger partial charge in [0.15, 0.2) is 0 Å². The number of thiophene rings is 1. The van der Waals surface area contributed by atoms with Gasteiger partial charge in [-0.2, -0.15) is 5.10 Å². The van der Waals surface area contributed by atoms with E-state index in [0.29, 0.717) is 0 Å². The van der Waals surface area contributed by atoms with Crippen LogP contribution in [0.15, 0.2) is 35.4 Å². The first-order chi connectivity index (χ1) is 11.2. The molecule has 3 rings (SSSR count). The summed E-state index contributed by atoms with van der Waals surface area (Å²) in [5.41, 5.74) is 4.73. The third-order valence-electron chi connectivity index (χ3n) is 4.26. The van der Waals surface area contributed by atoms with Gasteiger partial charge in [0.1, 0.15) is 5.75 Å². The second-order valence-corrected chi connectivity index (χ2v) is 7.00. The number of carbonyl (C=O) groups is 1. The average Bonchev–Trinajstić information content (AvgIpc) is 2.99. The summed E-state index contributed by atoms with van der Waals surface area (Å²) in [6, 6.07) is 8.66. The Morgan fingerprint density at radius 3 is 2.96 bits per heavy atom. The van der Waals surface area contributed by atoms with Crippen LogP contribution in [0.5, 0.6) is 5.75 Å². The summed E-state index contributed by atoms with van der Waals surface area (Å²) in [4.78, 5) is 14.3. The van der Waals surface area contributed by atoms with Gasteiger partial charge in [0.25, 0.3) is 5.91 Å². The van der Waals surface area contributed by atoms with Crippen LogP contribution in [0.3, 0.4) is 0 Å². The molecule has 1 aliphatic carbocycles. The quantitative estimate of drug-likeness (QED) is 0.663. The number of hydrogen-bond acceptors (Lipinski definition) is 4. The minimum atomic E-state index is -0.160. The molecule has 0 aliphatic heterocycles. The Morgan fingerprint density at radius 2 is 2.22 bits per heavy atom. The number of benzene rings is 1. The number of fused-ring (bicyclic) bond motifs is 1. The molecule has 1 amide bonds. The number of hydrazone groups is 1. The van der Waals surface area contributed by atoms with E-state index >= 15 is 0 Å². The predicted molar refractivity (Wildman–Crippen MR) is 93.3 cm³/mol. The number of carbonyl (C=O) groups excluding carboxylic acids is 1. The lowest BCUT2D eigenvalue weighted by Gasteiger charge is -2.19. The van der Waals surface area contributed by atoms with E-state index in [1.807, 2.05) is 6.07 Å². The van der Waals surface area contributed by atoms with Gasteiger partial charge in [0, 0.05) is 4.88 Å². The van der Waals surface area contributed by atoms with E-state index < -0.39 is 0 Å². The number of aromatic hydroxyl groups is 1. The molecule has 1 aromatic heterocycles.